The average Bonchev–Trinajstić information content (AvgIpc) is 2.35. The van der Waals surface area contributed by atoms with Crippen LogP contribution in [0.3, 0.4) is 0 Å². The van der Waals surface area contributed by atoms with Crippen LogP contribution in [0.4, 0.5) is 4.39 Å². The summed E-state index contributed by atoms with van der Waals surface area (Å²) in [4.78, 5) is 3.72. The Morgan fingerprint density at radius 1 is 1.35 bits per heavy atom. The number of benzene rings is 1. The fourth-order valence-corrected chi connectivity index (χ4v) is 3.52. The SMILES string of the molecule is CCN(CC)CC1CSc2ccc(F)cc2C1. The average molecular weight is 253 g/mol. The van der Waals surface area contributed by atoms with Gasteiger partial charge >= 0.3 is 0 Å². The second kappa shape index (κ2) is 5.87. The minimum atomic E-state index is -0.104. The van der Waals surface area contributed by atoms with Gasteiger partial charge in [-0.25, -0.2) is 4.39 Å². The van der Waals surface area contributed by atoms with Gasteiger partial charge in [0.2, 0.25) is 0 Å². The maximum Gasteiger partial charge on any atom is 0.123 e. The summed E-state index contributed by atoms with van der Waals surface area (Å²) in [5.41, 5.74) is 1.19. The van der Waals surface area contributed by atoms with Crippen molar-refractivity contribution in [3.63, 3.8) is 0 Å². The molecule has 0 aliphatic carbocycles. The number of hydrogen-bond donors (Lipinski definition) is 0. The minimum Gasteiger partial charge on any atom is -0.304 e. The predicted octanol–water partition coefficient (Wildman–Crippen LogP) is 3.43. The number of rotatable bonds is 4. The molecule has 17 heavy (non-hydrogen) atoms. The van der Waals surface area contributed by atoms with Crippen LogP contribution in [0.15, 0.2) is 23.1 Å². The standard InChI is InChI=1S/C14H20FNS/c1-3-16(4-2)9-11-7-12-8-13(15)5-6-14(12)17-10-11/h5-6,8,11H,3-4,7,9-10H2,1-2H3. The van der Waals surface area contributed by atoms with Crippen molar-refractivity contribution in [2.75, 3.05) is 25.4 Å². The van der Waals surface area contributed by atoms with Gasteiger partial charge in [0.25, 0.3) is 0 Å². The van der Waals surface area contributed by atoms with E-state index in [-0.39, 0.29) is 5.82 Å². The summed E-state index contributed by atoms with van der Waals surface area (Å²) in [6, 6.07) is 5.19. The van der Waals surface area contributed by atoms with Gasteiger partial charge in [-0.05, 0) is 49.2 Å². The maximum atomic E-state index is 13.2. The molecule has 0 bridgehead atoms. The molecule has 0 aromatic heterocycles. The minimum absolute atomic E-state index is 0.104. The van der Waals surface area contributed by atoms with E-state index >= 15 is 0 Å². The topological polar surface area (TPSA) is 3.24 Å². The number of halogens is 1. The van der Waals surface area contributed by atoms with Crippen molar-refractivity contribution in [3.05, 3.63) is 29.6 Å². The highest BCUT2D eigenvalue weighted by Gasteiger charge is 2.20. The first-order valence-electron chi connectivity index (χ1n) is 6.36. The Balaban J connectivity index is 2.02. The second-order valence-corrected chi connectivity index (χ2v) is 5.68. The lowest BCUT2D eigenvalue weighted by Gasteiger charge is -2.29. The smallest absolute Gasteiger partial charge is 0.123 e. The van der Waals surface area contributed by atoms with Gasteiger partial charge in [-0.15, -0.1) is 11.8 Å². The molecule has 0 fully saturated rings. The van der Waals surface area contributed by atoms with E-state index in [1.807, 2.05) is 17.8 Å². The summed E-state index contributed by atoms with van der Waals surface area (Å²) in [5, 5.41) is 0. The highest BCUT2D eigenvalue weighted by Crippen LogP contribution is 2.33. The molecule has 1 nitrogen and oxygen atoms in total. The molecular formula is C14H20FNS. The quantitative estimate of drug-likeness (QED) is 0.809. The van der Waals surface area contributed by atoms with Crippen molar-refractivity contribution in [1.29, 1.82) is 0 Å². The van der Waals surface area contributed by atoms with Gasteiger partial charge in [-0.1, -0.05) is 13.8 Å². The zero-order chi connectivity index (χ0) is 12.3. The van der Waals surface area contributed by atoms with Crippen molar-refractivity contribution in [2.45, 2.75) is 25.2 Å². The molecule has 1 aromatic rings. The van der Waals surface area contributed by atoms with E-state index < -0.39 is 0 Å². The van der Waals surface area contributed by atoms with Gasteiger partial charge in [0.1, 0.15) is 5.82 Å². The molecule has 94 valence electrons. The second-order valence-electron chi connectivity index (χ2n) is 4.62. The normalized spacial score (nSPS) is 19.4. The highest BCUT2D eigenvalue weighted by atomic mass is 32.2. The van der Waals surface area contributed by atoms with E-state index in [1.54, 1.807) is 12.1 Å². The first-order valence-corrected chi connectivity index (χ1v) is 7.35. The number of hydrogen-bond acceptors (Lipinski definition) is 2. The van der Waals surface area contributed by atoms with Crippen LogP contribution in [-0.4, -0.2) is 30.3 Å². The van der Waals surface area contributed by atoms with Crippen molar-refractivity contribution < 1.29 is 4.39 Å². The summed E-state index contributed by atoms with van der Waals surface area (Å²) >= 11 is 1.88. The third-order valence-corrected chi connectivity index (χ3v) is 4.76. The van der Waals surface area contributed by atoms with E-state index in [0.717, 1.165) is 31.8 Å². The molecule has 0 radical (unpaired) electrons. The molecule has 0 N–H and O–H groups in total. The Hall–Kier alpha value is -0.540. The van der Waals surface area contributed by atoms with Crippen LogP contribution >= 0.6 is 11.8 Å². The third-order valence-electron chi connectivity index (χ3n) is 3.42. The van der Waals surface area contributed by atoms with Crippen LogP contribution in [0.1, 0.15) is 19.4 Å². The summed E-state index contributed by atoms with van der Waals surface area (Å²) < 4.78 is 13.2. The molecule has 1 atom stereocenters. The lowest BCUT2D eigenvalue weighted by Crippen LogP contribution is -2.32. The van der Waals surface area contributed by atoms with Crippen LogP contribution in [0.2, 0.25) is 0 Å². The van der Waals surface area contributed by atoms with E-state index in [4.69, 9.17) is 0 Å². The Morgan fingerprint density at radius 3 is 2.82 bits per heavy atom. The van der Waals surface area contributed by atoms with Crippen molar-refractivity contribution >= 4 is 11.8 Å². The molecule has 1 aliphatic heterocycles. The Labute approximate surface area is 107 Å². The van der Waals surface area contributed by atoms with Gasteiger partial charge in [0, 0.05) is 17.2 Å². The van der Waals surface area contributed by atoms with Crippen molar-refractivity contribution in [1.82, 2.24) is 4.90 Å². The van der Waals surface area contributed by atoms with Gasteiger partial charge in [0.05, 0.1) is 0 Å². The molecule has 0 saturated heterocycles. The molecule has 1 aliphatic rings. The van der Waals surface area contributed by atoms with E-state index in [2.05, 4.69) is 18.7 Å². The fourth-order valence-electron chi connectivity index (χ4n) is 2.39. The molecule has 0 amide bonds. The molecule has 1 aromatic carbocycles. The lowest BCUT2D eigenvalue weighted by atomic mass is 9.99. The summed E-state index contributed by atoms with van der Waals surface area (Å²) in [6.07, 6.45) is 1.02. The van der Waals surface area contributed by atoms with Gasteiger partial charge in [-0.3, -0.25) is 0 Å². The monoisotopic (exact) mass is 253 g/mol. The molecule has 1 heterocycles. The fraction of sp³-hybridized carbons (Fsp3) is 0.571. The maximum absolute atomic E-state index is 13.2. The Morgan fingerprint density at radius 2 is 2.12 bits per heavy atom. The molecule has 2 rings (SSSR count). The van der Waals surface area contributed by atoms with Crippen LogP contribution in [0.25, 0.3) is 0 Å². The van der Waals surface area contributed by atoms with Crippen molar-refractivity contribution in [2.24, 2.45) is 5.92 Å². The van der Waals surface area contributed by atoms with Crippen LogP contribution < -0.4 is 0 Å². The number of nitrogens with zero attached hydrogens (tertiary/aromatic N) is 1. The summed E-state index contributed by atoms with van der Waals surface area (Å²) in [7, 11) is 0. The number of thioether (sulfide) groups is 1. The molecule has 1 unspecified atom stereocenters. The zero-order valence-electron chi connectivity index (χ0n) is 10.6. The Kier molecular flexibility index (Phi) is 4.46. The first-order chi connectivity index (χ1) is 8.22. The molecule has 0 saturated carbocycles. The third kappa shape index (κ3) is 3.23. The molecule has 0 spiro atoms. The molecule has 3 heteroatoms. The van der Waals surface area contributed by atoms with Gasteiger partial charge in [-0.2, -0.15) is 0 Å². The highest BCUT2D eigenvalue weighted by molar-refractivity contribution is 7.99. The van der Waals surface area contributed by atoms with Gasteiger partial charge in [0.15, 0.2) is 0 Å². The van der Waals surface area contributed by atoms with E-state index in [9.17, 15) is 4.39 Å². The predicted molar refractivity (Wildman–Crippen MR) is 72.1 cm³/mol. The zero-order valence-corrected chi connectivity index (χ0v) is 11.4. The first kappa shape index (κ1) is 12.9. The number of fused-ring (bicyclic) bond motifs is 1. The van der Waals surface area contributed by atoms with Crippen LogP contribution in [-0.2, 0) is 6.42 Å². The Bertz CT molecular complexity index is 376. The van der Waals surface area contributed by atoms with E-state index in [0.29, 0.717) is 5.92 Å². The van der Waals surface area contributed by atoms with Crippen molar-refractivity contribution in [3.8, 4) is 0 Å². The van der Waals surface area contributed by atoms with Crippen LogP contribution in [0.5, 0.6) is 0 Å². The van der Waals surface area contributed by atoms with Gasteiger partial charge < -0.3 is 4.90 Å². The lowest BCUT2D eigenvalue weighted by molar-refractivity contribution is 0.261. The molecular weight excluding hydrogens is 233 g/mol. The summed E-state index contributed by atoms with van der Waals surface area (Å²) in [6.45, 7) is 7.75. The van der Waals surface area contributed by atoms with Crippen LogP contribution in [0, 0.1) is 11.7 Å². The largest absolute Gasteiger partial charge is 0.304 e. The summed E-state index contributed by atoms with van der Waals surface area (Å²) in [5.74, 6) is 1.72. The van der Waals surface area contributed by atoms with E-state index in [1.165, 1.54) is 10.5 Å².